The Balaban J connectivity index is 2.12. The summed E-state index contributed by atoms with van der Waals surface area (Å²) in [6.07, 6.45) is 3.72. The van der Waals surface area contributed by atoms with Crippen LogP contribution in [0.3, 0.4) is 0 Å². The molecule has 31 heavy (non-hydrogen) atoms. The predicted molar refractivity (Wildman–Crippen MR) is 118 cm³/mol. The number of carbonyl (C=O) groups excluding carboxylic acids is 2. The molecule has 0 aliphatic heterocycles. The number of aromatic hydroxyl groups is 1. The van der Waals surface area contributed by atoms with E-state index in [1.807, 2.05) is 18.4 Å². The molecule has 4 N–H and O–H groups in total. The second-order valence-corrected chi connectivity index (χ2v) is 7.38. The summed E-state index contributed by atoms with van der Waals surface area (Å²) in [6, 6.07) is 13.7. The van der Waals surface area contributed by atoms with Crippen molar-refractivity contribution >= 4 is 29.4 Å². The molecular weight excluding hydrogens is 420 g/mol. The van der Waals surface area contributed by atoms with E-state index in [1.165, 1.54) is 30.8 Å². The minimum atomic E-state index is -0.754. The fourth-order valence-electron chi connectivity index (χ4n) is 2.84. The molecule has 0 aromatic heterocycles. The molecule has 0 aliphatic rings. The summed E-state index contributed by atoms with van der Waals surface area (Å²) < 4.78 is 11.2. The van der Waals surface area contributed by atoms with Crippen LogP contribution in [0, 0.1) is 0 Å². The summed E-state index contributed by atoms with van der Waals surface area (Å²) in [5.41, 5.74) is 2.76. The number of anilines is 1. The van der Waals surface area contributed by atoms with Gasteiger partial charge in [-0.3, -0.25) is 15.3 Å². The number of allylic oxidation sites excluding steroid dienone is 1. The Morgan fingerprint density at radius 3 is 2.39 bits per heavy atom. The van der Waals surface area contributed by atoms with Crippen molar-refractivity contribution in [3.8, 4) is 5.75 Å². The molecule has 0 aliphatic carbocycles. The van der Waals surface area contributed by atoms with E-state index in [0.29, 0.717) is 24.1 Å². The van der Waals surface area contributed by atoms with Crippen LogP contribution in [0.15, 0.2) is 65.6 Å². The summed E-state index contributed by atoms with van der Waals surface area (Å²) in [5.74, 6) is -0.542. The summed E-state index contributed by atoms with van der Waals surface area (Å²) in [7, 11) is 1.50. The van der Waals surface area contributed by atoms with Gasteiger partial charge in [-0.05, 0) is 61.1 Å². The van der Waals surface area contributed by atoms with Crippen molar-refractivity contribution in [2.75, 3.05) is 18.7 Å². The van der Waals surface area contributed by atoms with Gasteiger partial charge in [0.25, 0.3) is 5.91 Å². The van der Waals surface area contributed by atoms with Crippen molar-refractivity contribution in [1.29, 1.82) is 0 Å². The van der Waals surface area contributed by atoms with Gasteiger partial charge in [0.1, 0.15) is 5.75 Å². The maximum Gasteiger partial charge on any atom is 0.412 e. The minimum absolute atomic E-state index is 0.0905. The zero-order valence-corrected chi connectivity index (χ0v) is 18.1. The average Bonchev–Trinajstić information content (AvgIpc) is 2.79. The molecule has 0 saturated carbocycles. The van der Waals surface area contributed by atoms with Crippen LogP contribution in [0.5, 0.6) is 5.75 Å². The first-order chi connectivity index (χ1) is 15.0. The third-order valence-corrected chi connectivity index (χ3v) is 5.17. The Bertz CT molecular complexity index is 871. The number of phenols is 1. The maximum absolute atomic E-state index is 12.6. The number of methoxy groups -OCH3 is 1. The maximum atomic E-state index is 12.6. The highest BCUT2D eigenvalue weighted by atomic mass is 32.2. The summed E-state index contributed by atoms with van der Waals surface area (Å²) >= 11 is 1.60. The van der Waals surface area contributed by atoms with Crippen LogP contribution in [0.1, 0.15) is 24.5 Å². The zero-order valence-electron chi connectivity index (χ0n) is 17.3. The largest absolute Gasteiger partial charge is 0.508 e. The number of amides is 2. The van der Waals surface area contributed by atoms with Gasteiger partial charge in [-0.1, -0.05) is 18.2 Å². The van der Waals surface area contributed by atoms with Gasteiger partial charge in [-0.2, -0.15) is 0 Å². The molecular formula is C22H26N2O6S. The standard InChI is InChI=1S/C22H26N2O6S/c1-29-19(5-3-4-6-20(26)24-28)21(15-7-11-17(25)12-8-15)30-22(27)23-16-9-13-18(31-2)14-10-16/h4,6-14,19,21,25,28H,3,5H2,1-2H3,(H,23,27)(H,24,26)/b6-4+/t19-,21-/m0/s1. The van der Waals surface area contributed by atoms with Crippen molar-refractivity contribution in [2.45, 2.75) is 29.9 Å². The molecule has 2 rings (SSSR count). The van der Waals surface area contributed by atoms with Crippen LogP contribution in [-0.2, 0) is 14.3 Å². The van der Waals surface area contributed by atoms with E-state index in [9.17, 15) is 14.7 Å². The molecule has 166 valence electrons. The summed E-state index contributed by atoms with van der Waals surface area (Å²) in [6.45, 7) is 0. The van der Waals surface area contributed by atoms with Crippen molar-refractivity contribution in [3.63, 3.8) is 0 Å². The molecule has 0 fully saturated rings. The molecule has 0 spiro atoms. The van der Waals surface area contributed by atoms with Gasteiger partial charge in [0.05, 0.1) is 6.10 Å². The Kier molecular flexibility index (Phi) is 9.89. The van der Waals surface area contributed by atoms with E-state index in [-0.39, 0.29) is 5.75 Å². The average molecular weight is 447 g/mol. The quantitative estimate of drug-likeness (QED) is 0.186. The van der Waals surface area contributed by atoms with E-state index in [1.54, 1.807) is 42.1 Å². The lowest BCUT2D eigenvalue weighted by Crippen LogP contribution is -2.28. The zero-order chi connectivity index (χ0) is 22.6. The first-order valence-corrected chi connectivity index (χ1v) is 10.7. The molecule has 0 saturated heterocycles. The Hall–Kier alpha value is -3.01. The Morgan fingerprint density at radius 2 is 1.81 bits per heavy atom. The van der Waals surface area contributed by atoms with Gasteiger partial charge >= 0.3 is 6.09 Å². The van der Waals surface area contributed by atoms with Crippen molar-refractivity contribution in [3.05, 3.63) is 66.2 Å². The number of phenolic OH excluding ortho intramolecular Hbond substituents is 1. The van der Waals surface area contributed by atoms with E-state index in [2.05, 4.69) is 5.32 Å². The minimum Gasteiger partial charge on any atom is -0.508 e. The third kappa shape index (κ3) is 7.97. The van der Waals surface area contributed by atoms with Gasteiger partial charge in [-0.25, -0.2) is 10.3 Å². The van der Waals surface area contributed by atoms with Gasteiger partial charge in [0.2, 0.25) is 0 Å². The van der Waals surface area contributed by atoms with E-state index in [4.69, 9.17) is 14.7 Å². The SMILES string of the molecule is CO[C@@H](CC/C=C/C(=O)NO)[C@@H](OC(=O)Nc1ccc(SC)cc1)c1ccc(O)cc1. The number of ether oxygens (including phenoxy) is 2. The molecule has 0 bridgehead atoms. The highest BCUT2D eigenvalue weighted by Crippen LogP contribution is 2.28. The lowest BCUT2D eigenvalue weighted by atomic mass is 10.00. The number of hydrogen-bond donors (Lipinski definition) is 4. The number of carbonyl (C=O) groups is 2. The van der Waals surface area contributed by atoms with Crippen LogP contribution in [0.4, 0.5) is 10.5 Å². The summed E-state index contributed by atoms with van der Waals surface area (Å²) in [5, 5.41) is 20.8. The second-order valence-electron chi connectivity index (χ2n) is 6.50. The van der Waals surface area contributed by atoms with E-state index in [0.717, 1.165) is 4.90 Å². The van der Waals surface area contributed by atoms with Crippen molar-refractivity contribution < 1.29 is 29.4 Å². The molecule has 2 aromatic carbocycles. The first kappa shape index (κ1) is 24.3. The van der Waals surface area contributed by atoms with Crippen LogP contribution < -0.4 is 10.8 Å². The fraction of sp³-hybridized carbons (Fsp3) is 0.273. The Labute approximate surface area is 185 Å². The number of nitrogens with one attached hydrogen (secondary N) is 2. The van der Waals surface area contributed by atoms with Crippen LogP contribution >= 0.6 is 11.8 Å². The van der Waals surface area contributed by atoms with Crippen molar-refractivity contribution in [2.24, 2.45) is 0 Å². The molecule has 0 radical (unpaired) electrons. The molecule has 8 nitrogen and oxygen atoms in total. The van der Waals surface area contributed by atoms with Crippen LogP contribution in [-0.4, -0.2) is 41.8 Å². The first-order valence-electron chi connectivity index (χ1n) is 9.50. The van der Waals surface area contributed by atoms with Gasteiger partial charge in [0, 0.05) is 23.8 Å². The molecule has 0 unspecified atom stereocenters. The Morgan fingerprint density at radius 1 is 1.13 bits per heavy atom. The van der Waals surface area contributed by atoms with Gasteiger partial charge in [-0.15, -0.1) is 11.8 Å². The van der Waals surface area contributed by atoms with E-state index >= 15 is 0 Å². The number of hydrogen-bond acceptors (Lipinski definition) is 7. The predicted octanol–water partition coefficient (Wildman–Crippen LogP) is 4.26. The van der Waals surface area contributed by atoms with Crippen LogP contribution in [0.2, 0.25) is 0 Å². The number of rotatable bonds is 10. The monoisotopic (exact) mass is 446 g/mol. The van der Waals surface area contributed by atoms with Gasteiger partial charge < -0.3 is 14.6 Å². The molecule has 2 amide bonds. The third-order valence-electron chi connectivity index (χ3n) is 4.43. The number of benzene rings is 2. The lowest BCUT2D eigenvalue weighted by Gasteiger charge is -2.26. The topological polar surface area (TPSA) is 117 Å². The van der Waals surface area contributed by atoms with Gasteiger partial charge in [0.15, 0.2) is 6.10 Å². The van der Waals surface area contributed by atoms with Crippen LogP contribution in [0.25, 0.3) is 0 Å². The molecule has 2 atom stereocenters. The smallest absolute Gasteiger partial charge is 0.412 e. The highest BCUT2D eigenvalue weighted by Gasteiger charge is 2.27. The fourth-order valence-corrected chi connectivity index (χ4v) is 3.25. The van der Waals surface area contributed by atoms with E-state index < -0.39 is 24.2 Å². The second kappa shape index (κ2) is 12.6. The highest BCUT2D eigenvalue weighted by molar-refractivity contribution is 7.98. The lowest BCUT2D eigenvalue weighted by molar-refractivity contribution is -0.124. The molecule has 9 heteroatoms. The summed E-state index contributed by atoms with van der Waals surface area (Å²) in [4.78, 5) is 24.7. The number of thioether (sulfide) groups is 1. The molecule has 2 aromatic rings. The van der Waals surface area contributed by atoms with Crippen molar-refractivity contribution in [1.82, 2.24) is 5.48 Å². The normalized spacial score (nSPS) is 12.9. The number of hydroxylamine groups is 1. The molecule has 0 heterocycles.